The molecule has 1 heterocycles. The summed E-state index contributed by atoms with van der Waals surface area (Å²) in [6, 6.07) is 18.1. The number of carbonyl (C=O) groups excluding carboxylic acids is 3. The van der Waals surface area contributed by atoms with E-state index in [1.165, 1.54) is 12.0 Å². The molecule has 0 radical (unpaired) electrons. The number of aryl methyl sites for hydroxylation is 2. The van der Waals surface area contributed by atoms with Crippen molar-refractivity contribution in [1.29, 1.82) is 0 Å². The van der Waals surface area contributed by atoms with E-state index in [1.807, 2.05) is 50.2 Å². The minimum atomic E-state index is -0.519. The van der Waals surface area contributed by atoms with Crippen LogP contribution in [0.1, 0.15) is 32.6 Å². The molecule has 0 spiro atoms. The second kappa shape index (κ2) is 10.5. The van der Waals surface area contributed by atoms with E-state index in [9.17, 15) is 14.4 Å². The van der Waals surface area contributed by atoms with E-state index in [1.54, 1.807) is 30.3 Å². The van der Waals surface area contributed by atoms with Crippen LogP contribution in [0.5, 0.6) is 11.5 Å². The van der Waals surface area contributed by atoms with Gasteiger partial charge in [0.25, 0.3) is 11.1 Å². The van der Waals surface area contributed by atoms with Crippen molar-refractivity contribution in [3.8, 4) is 11.5 Å². The Morgan fingerprint density at radius 3 is 2.26 bits per heavy atom. The summed E-state index contributed by atoms with van der Waals surface area (Å²) in [5.74, 6) is -0.341. The molecule has 3 aromatic rings. The predicted molar refractivity (Wildman–Crippen MR) is 140 cm³/mol. The summed E-state index contributed by atoms with van der Waals surface area (Å²) >= 11 is 4.32. The monoisotopic (exact) mass is 551 g/mol. The van der Waals surface area contributed by atoms with Gasteiger partial charge in [0, 0.05) is 0 Å². The van der Waals surface area contributed by atoms with Crippen LogP contribution < -0.4 is 9.47 Å². The molecule has 0 bridgehead atoms. The Morgan fingerprint density at radius 2 is 1.63 bits per heavy atom. The molecule has 1 saturated heterocycles. The molecule has 0 saturated carbocycles. The number of amides is 2. The highest BCUT2D eigenvalue weighted by atomic mass is 79.9. The maximum absolute atomic E-state index is 12.9. The van der Waals surface area contributed by atoms with Crippen molar-refractivity contribution in [2.24, 2.45) is 0 Å². The molecule has 178 valence electrons. The second-order valence-corrected chi connectivity index (χ2v) is 9.89. The van der Waals surface area contributed by atoms with Gasteiger partial charge in [-0.2, -0.15) is 0 Å². The zero-order valence-corrected chi connectivity index (χ0v) is 21.7. The minimum absolute atomic E-state index is 0.212. The molecule has 8 heteroatoms. The molecule has 4 rings (SSSR count). The van der Waals surface area contributed by atoms with Gasteiger partial charge < -0.3 is 9.47 Å². The molecule has 0 unspecified atom stereocenters. The van der Waals surface area contributed by atoms with Crippen LogP contribution in [0.15, 0.2) is 70.0 Å². The Morgan fingerprint density at radius 1 is 1.00 bits per heavy atom. The Kier molecular flexibility index (Phi) is 7.42. The summed E-state index contributed by atoms with van der Waals surface area (Å²) in [5, 5.41) is -0.323. The lowest BCUT2D eigenvalue weighted by Crippen LogP contribution is -2.27. The average molecular weight is 552 g/mol. The Bertz CT molecular complexity index is 1330. The molecule has 1 aliphatic heterocycles. The van der Waals surface area contributed by atoms with Crippen molar-refractivity contribution in [3.63, 3.8) is 0 Å². The van der Waals surface area contributed by atoms with Crippen LogP contribution in [-0.2, 0) is 11.3 Å². The zero-order valence-electron chi connectivity index (χ0n) is 19.3. The Balaban J connectivity index is 1.55. The fourth-order valence-electron chi connectivity index (χ4n) is 3.43. The van der Waals surface area contributed by atoms with Gasteiger partial charge in [0.1, 0.15) is 0 Å². The summed E-state index contributed by atoms with van der Waals surface area (Å²) in [4.78, 5) is 39.6. The van der Waals surface area contributed by atoms with Gasteiger partial charge in [-0.05, 0) is 83.0 Å². The molecular weight excluding hydrogens is 530 g/mol. The fraction of sp³-hybridized carbons (Fsp3) is 0.148. The van der Waals surface area contributed by atoms with Gasteiger partial charge in [-0.25, -0.2) is 4.79 Å². The predicted octanol–water partition coefficient (Wildman–Crippen LogP) is 6.53. The van der Waals surface area contributed by atoms with E-state index in [-0.39, 0.29) is 23.4 Å². The van der Waals surface area contributed by atoms with Crippen LogP contribution in [0.25, 0.3) is 6.08 Å². The van der Waals surface area contributed by atoms with Gasteiger partial charge in [-0.15, -0.1) is 0 Å². The van der Waals surface area contributed by atoms with E-state index >= 15 is 0 Å². The van der Waals surface area contributed by atoms with Gasteiger partial charge in [0.15, 0.2) is 11.5 Å². The van der Waals surface area contributed by atoms with Crippen molar-refractivity contribution in [1.82, 2.24) is 4.90 Å². The lowest BCUT2D eigenvalue weighted by atomic mass is 10.1. The first-order valence-corrected chi connectivity index (χ1v) is 12.3. The van der Waals surface area contributed by atoms with Gasteiger partial charge in [0.05, 0.1) is 28.6 Å². The summed E-state index contributed by atoms with van der Waals surface area (Å²) in [6.07, 6.45) is 1.62. The number of methoxy groups -OCH3 is 1. The number of hydrogen-bond acceptors (Lipinski definition) is 6. The lowest BCUT2D eigenvalue weighted by Gasteiger charge is -2.13. The topological polar surface area (TPSA) is 72.9 Å². The molecule has 3 aromatic carbocycles. The van der Waals surface area contributed by atoms with Crippen LogP contribution in [0.3, 0.4) is 0 Å². The number of imide groups is 1. The quantitative estimate of drug-likeness (QED) is 0.197. The number of nitrogens with zero attached hydrogens (tertiary/aromatic N) is 1. The molecule has 0 aromatic heterocycles. The van der Waals surface area contributed by atoms with Crippen LogP contribution in [0.2, 0.25) is 0 Å². The van der Waals surface area contributed by atoms with Crippen LogP contribution in [0, 0.1) is 13.8 Å². The molecule has 35 heavy (non-hydrogen) atoms. The highest BCUT2D eigenvalue weighted by molar-refractivity contribution is 9.10. The Labute approximate surface area is 216 Å². The number of rotatable bonds is 6. The first kappa shape index (κ1) is 24.8. The second-order valence-electron chi connectivity index (χ2n) is 8.04. The minimum Gasteiger partial charge on any atom is -0.493 e. The molecule has 1 aliphatic rings. The standard InChI is InChI=1S/C27H22BrNO5S/c1-16-4-8-18(9-5-16)15-29-25(30)23(35-27(29)32)14-19-12-21(28)24(22(13-19)33-3)34-26(31)20-10-6-17(2)7-11-20/h4-14H,15H2,1-3H3/b23-14-. The fourth-order valence-corrected chi connectivity index (χ4v) is 4.81. The van der Waals surface area contributed by atoms with Crippen molar-refractivity contribution in [2.45, 2.75) is 20.4 Å². The first-order valence-electron chi connectivity index (χ1n) is 10.7. The maximum atomic E-state index is 12.9. The van der Waals surface area contributed by atoms with Gasteiger partial charge in [-0.3, -0.25) is 14.5 Å². The van der Waals surface area contributed by atoms with E-state index in [0.29, 0.717) is 26.3 Å². The summed E-state index contributed by atoms with van der Waals surface area (Å²) in [6.45, 7) is 4.13. The molecule has 6 nitrogen and oxygen atoms in total. The molecule has 0 atom stereocenters. The van der Waals surface area contributed by atoms with Crippen LogP contribution in [0.4, 0.5) is 4.79 Å². The number of ether oxygens (including phenoxy) is 2. The van der Waals surface area contributed by atoms with Crippen molar-refractivity contribution >= 4 is 50.9 Å². The number of carbonyl (C=O) groups is 3. The van der Waals surface area contributed by atoms with Crippen LogP contribution in [-0.4, -0.2) is 29.1 Å². The average Bonchev–Trinajstić information content (AvgIpc) is 3.09. The third-order valence-electron chi connectivity index (χ3n) is 5.37. The summed E-state index contributed by atoms with van der Waals surface area (Å²) in [5.41, 5.74) is 4.05. The van der Waals surface area contributed by atoms with E-state index < -0.39 is 5.97 Å². The summed E-state index contributed by atoms with van der Waals surface area (Å²) in [7, 11) is 1.46. The third kappa shape index (κ3) is 5.66. The SMILES string of the molecule is COc1cc(/C=C2\SC(=O)N(Cc3ccc(C)cc3)C2=O)cc(Br)c1OC(=O)c1ccc(C)cc1. The van der Waals surface area contributed by atoms with Gasteiger partial charge >= 0.3 is 5.97 Å². The Hall–Kier alpha value is -3.36. The van der Waals surface area contributed by atoms with Gasteiger partial charge in [-0.1, -0.05) is 47.5 Å². The highest BCUT2D eigenvalue weighted by Crippen LogP contribution is 2.39. The zero-order chi connectivity index (χ0) is 25.1. The van der Waals surface area contributed by atoms with E-state index in [4.69, 9.17) is 9.47 Å². The number of halogens is 1. The number of thioether (sulfide) groups is 1. The number of esters is 1. The number of hydrogen-bond donors (Lipinski definition) is 0. The van der Waals surface area contributed by atoms with E-state index in [0.717, 1.165) is 28.5 Å². The third-order valence-corrected chi connectivity index (χ3v) is 6.86. The molecule has 2 amide bonds. The van der Waals surface area contributed by atoms with Crippen LogP contribution >= 0.6 is 27.7 Å². The molecule has 1 fully saturated rings. The van der Waals surface area contributed by atoms with Crippen molar-refractivity contribution < 1.29 is 23.9 Å². The summed E-state index contributed by atoms with van der Waals surface area (Å²) < 4.78 is 11.5. The van der Waals surface area contributed by atoms with Crippen molar-refractivity contribution in [2.75, 3.05) is 7.11 Å². The largest absolute Gasteiger partial charge is 0.493 e. The molecule has 0 N–H and O–H groups in total. The van der Waals surface area contributed by atoms with E-state index in [2.05, 4.69) is 15.9 Å². The molecule has 0 aliphatic carbocycles. The number of benzene rings is 3. The highest BCUT2D eigenvalue weighted by Gasteiger charge is 2.35. The van der Waals surface area contributed by atoms with Gasteiger partial charge in [0.2, 0.25) is 0 Å². The smallest absolute Gasteiger partial charge is 0.343 e. The molecular formula is C27H22BrNO5S. The first-order chi connectivity index (χ1) is 16.7. The van der Waals surface area contributed by atoms with Crippen molar-refractivity contribution in [3.05, 3.63) is 97.9 Å². The lowest BCUT2D eigenvalue weighted by molar-refractivity contribution is -0.123. The normalized spacial score (nSPS) is 14.5. The maximum Gasteiger partial charge on any atom is 0.343 e.